The molecule has 0 fully saturated rings. The molecule has 4 aromatic rings. The summed E-state index contributed by atoms with van der Waals surface area (Å²) >= 11 is 6.27. The number of hydrogen-bond donors (Lipinski definition) is 1. The number of ether oxygens (including phenoxy) is 2. The van der Waals surface area contributed by atoms with E-state index >= 15 is 0 Å². The van der Waals surface area contributed by atoms with E-state index in [9.17, 15) is 14.9 Å². The second-order valence-electron chi connectivity index (χ2n) is 7.77. The third-order valence-corrected chi connectivity index (χ3v) is 5.86. The number of methoxy groups -OCH3 is 1. The van der Waals surface area contributed by atoms with Crippen molar-refractivity contribution < 1.29 is 19.1 Å². The number of nitrogens with zero attached hydrogens (tertiary/aromatic N) is 1. The molecule has 4 rings (SSSR count). The Bertz CT molecular complexity index is 1500. The molecule has 0 radical (unpaired) electrons. The Morgan fingerprint density at radius 2 is 1.69 bits per heavy atom. The molecule has 0 bridgehead atoms. The van der Waals surface area contributed by atoms with Gasteiger partial charge < -0.3 is 14.8 Å². The van der Waals surface area contributed by atoms with Gasteiger partial charge >= 0.3 is 5.97 Å². The summed E-state index contributed by atoms with van der Waals surface area (Å²) in [6, 6.07) is 26.9. The van der Waals surface area contributed by atoms with Crippen LogP contribution in [0.3, 0.4) is 0 Å². The van der Waals surface area contributed by atoms with Crippen molar-refractivity contribution in [3.63, 3.8) is 0 Å². The highest BCUT2D eigenvalue weighted by Crippen LogP contribution is 2.31. The first-order valence-electron chi connectivity index (χ1n) is 11.0. The summed E-state index contributed by atoms with van der Waals surface area (Å²) in [5.74, 6) is -0.560. The molecule has 0 saturated heterocycles. The van der Waals surface area contributed by atoms with Gasteiger partial charge in [0.2, 0.25) is 0 Å². The first kappa shape index (κ1) is 24.5. The van der Waals surface area contributed by atoms with Gasteiger partial charge in [0.25, 0.3) is 5.91 Å². The molecule has 36 heavy (non-hydrogen) atoms. The molecule has 0 aliphatic heterocycles. The number of carbonyl (C=O) groups is 2. The Labute approximate surface area is 213 Å². The van der Waals surface area contributed by atoms with Crippen LogP contribution in [-0.4, -0.2) is 19.0 Å². The molecule has 0 aromatic heterocycles. The Kier molecular flexibility index (Phi) is 7.64. The van der Waals surface area contributed by atoms with Crippen LogP contribution in [0.1, 0.15) is 21.5 Å². The van der Waals surface area contributed by atoms with Crippen molar-refractivity contribution in [3.05, 3.63) is 112 Å². The maximum absolute atomic E-state index is 12.9. The molecular weight excluding hydrogens is 476 g/mol. The first-order chi connectivity index (χ1) is 17.5. The average molecular weight is 497 g/mol. The average Bonchev–Trinajstić information content (AvgIpc) is 2.91. The summed E-state index contributed by atoms with van der Waals surface area (Å²) < 4.78 is 10.8. The predicted octanol–water partition coefficient (Wildman–Crippen LogP) is 6.40. The number of halogens is 1. The standard InChI is InChI=1S/C29H21ClN2O4/c1-35-29(34)20-10-13-23(14-11-20)32-28(33)22(17-31)16-25-24-8-4-2-6-19(24)12-15-27(25)36-18-21-7-3-5-9-26(21)30/h2-16H,18H2,1H3,(H,32,33)/b22-16+. The number of nitriles is 1. The van der Waals surface area contributed by atoms with Gasteiger partial charge in [-0.25, -0.2) is 4.79 Å². The number of carbonyl (C=O) groups excluding carboxylic acids is 2. The number of fused-ring (bicyclic) bond motifs is 1. The van der Waals surface area contributed by atoms with Gasteiger partial charge in [-0.1, -0.05) is 60.1 Å². The van der Waals surface area contributed by atoms with E-state index < -0.39 is 11.9 Å². The van der Waals surface area contributed by atoms with Crippen molar-refractivity contribution in [1.29, 1.82) is 5.26 Å². The minimum absolute atomic E-state index is 0.106. The van der Waals surface area contributed by atoms with Crippen molar-refractivity contribution in [1.82, 2.24) is 0 Å². The monoisotopic (exact) mass is 496 g/mol. The Hall–Kier alpha value is -4.60. The maximum atomic E-state index is 12.9. The third kappa shape index (κ3) is 5.54. The quantitative estimate of drug-likeness (QED) is 0.181. The van der Waals surface area contributed by atoms with Gasteiger partial charge in [0, 0.05) is 21.8 Å². The van der Waals surface area contributed by atoms with Crippen LogP contribution < -0.4 is 10.1 Å². The summed E-state index contributed by atoms with van der Waals surface area (Å²) in [5.41, 5.74) is 2.10. The molecule has 178 valence electrons. The fourth-order valence-electron chi connectivity index (χ4n) is 3.62. The highest BCUT2D eigenvalue weighted by molar-refractivity contribution is 6.31. The number of anilines is 1. The van der Waals surface area contributed by atoms with Crippen LogP contribution >= 0.6 is 11.6 Å². The lowest BCUT2D eigenvalue weighted by Gasteiger charge is -2.13. The van der Waals surface area contributed by atoms with Gasteiger partial charge in [-0.05, 0) is 53.2 Å². The molecule has 0 spiro atoms. The summed E-state index contributed by atoms with van der Waals surface area (Å²) in [5, 5.41) is 14.8. The lowest BCUT2D eigenvalue weighted by atomic mass is 10.0. The minimum Gasteiger partial charge on any atom is -0.488 e. The zero-order valence-corrected chi connectivity index (χ0v) is 20.1. The Morgan fingerprint density at radius 1 is 0.972 bits per heavy atom. The fraction of sp³-hybridized carbons (Fsp3) is 0.0690. The van der Waals surface area contributed by atoms with Gasteiger partial charge in [0.15, 0.2) is 0 Å². The zero-order valence-electron chi connectivity index (χ0n) is 19.3. The number of amides is 1. The van der Waals surface area contributed by atoms with E-state index in [2.05, 4.69) is 10.1 Å². The van der Waals surface area contributed by atoms with Gasteiger partial charge in [0.05, 0.1) is 12.7 Å². The highest BCUT2D eigenvalue weighted by atomic mass is 35.5. The number of rotatable bonds is 7. The van der Waals surface area contributed by atoms with Crippen LogP contribution in [0.25, 0.3) is 16.8 Å². The van der Waals surface area contributed by atoms with E-state index in [0.29, 0.717) is 27.6 Å². The largest absolute Gasteiger partial charge is 0.488 e. The van der Waals surface area contributed by atoms with Gasteiger partial charge in [0.1, 0.15) is 24.0 Å². The summed E-state index contributed by atoms with van der Waals surface area (Å²) in [6.45, 7) is 0.222. The number of hydrogen-bond acceptors (Lipinski definition) is 5. The maximum Gasteiger partial charge on any atom is 0.337 e. The Morgan fingerprint density at radius 3 is 2.42 bits per heavy atom. The zero-order chi connectivity index (χ0) is 25.5. The summed E-state index contributed by atoms with van der Waals surface area (Å²) in [7, 11) is 1.29. The van der Waals surface area contributed by atoms with Gasteiger partial charge in [-0.15, -0.1) is 0 Å². The van der Waals surface area contributed by atoms with Crippen molar-refractivity contribution in [2.75, 3.05) is 12.4 Å². The van der Waals surface area contributed by atoms with Crippen LogP contribution in [0.4, 0.5) is 5.69 Å². The smallest absolute Gasteiger partial charge is 0.337 e. The van der Waals surface area contributed by atoms with E-state index in [1.54, 1.807) is 18.2 Å². The second kappa shape index (κ2) is 11.2. The van der Waals surface area contributed by atoms with Crippen molar-refractivity contribution in [3.8, 4) is 11.8 Å². The highest BCUT2D eigenvalue weighted by Gasteiger charge is 2.15. The molecule has 7 heteroatoms. The van der Waals surface area contributed by atoms with Crippen molar-refractivity contribution in [2.45, 2.75) is 6.61 Å². The minimum atomic E-state index is -0.590. The molecule has 0 saturated carbocycles. The third-order valence-electron chi connectivity index (χ3n) is 5.49. The summed E-state index contributed by atoms with van der Waals surface area (Å²) in [4.78, 5) is 24.6. The van der Waals surface area contributed by atoms with Crippen LogP contribution in [0.5, 0.6) is 5.75 Å². The fourth-order valence-corrected chi connectivity index (χ4v) is 3.81. The molecule has 0 heterocycles. The van der Waals surface area contributed by atoms with Crippen molar-refractivity contribution in [2.24, 2.45) is 0 Å². The summed E-state index contributed by atoms with van der Waals surface area (Å²) in [6.07, 6.45) is 1.52. The molecule has 0 unspecified atom stereocenters. The molecule has 0 atom stereocenters. The van der Waals surface area contributed by atoms with E-state index in [-0.39, 0.29) is 12.2 Å². The number of esters is 1. The van der Waals surface area contributed by atoms with E-state index in [1.165, 1.54) is 25.3 Å². The van der Waals surface area contributed by atoms with Gasteiger partial charge in [-0.2, -0.15) is 5.26 Å². The van der Waals surface area contributed by atoms with Crippen molar-refractivity contribution >= 4 is 46.0 Å². The van der Waals surface area contributed by atoms with Crippen LogP contribution in [0, 0.1) is 11.3 Å². The molecule has 4 aromatic carbocycles. The van der Waals surface area contributed by atoms with E-state index in [1.807, 2.05) is 60.7 Å². The van der Waals surface area contributed by atoms with Crippen LogP contribution in [-0.2, 0) is 16.1 Å². The molecule has 0 aliphatic rings. The number of benzene rings is 4. The van der Waals surface area contributed by atoms with E-state index in [4.69, 9.17) is 16.3 Å². The molecule has 1 amide bonds. The second-order valence-corrected chi connectivity index (χ2v) is 8.18. The predicted molar refractivity (Wildman–Crippen MR) is 140 cm³/mol. The SMILES string of the molecule is COC(=O)c1ccc(NC(=O)/C(C#N)=C/c2c(OCc3ccccc3Cl)ccc3ccccc23)cc1. The number of nitrogens with one attached hydrogen (secondary N) is 1. The Balaban J connectivity index is 1.65. The molecule has 1 N–H and O–H groups in total. The lowest BCUT2D eigenvalue weighted by molar-refractivity contribution is -0.112. The normalized spacial score (nSPS) is 11.0. The molecule has 0 aliphatic carbocycles. The molecular formula is C29H21ClN2O4. The van der Waals surface area contributed by atoms with E-state index in [0.717, 1.165) is 16.3 Å². The van der Waals surface area contributed by atoms with Crippen LogP contribution in [0.15, 0.2) is 90.5 Å². The topological polar surface area (TPSA) is 88.4 Å². The van der Waals surface area contributed by atoms with Crippen LogP contribution in [0.2, 0.25) is 5.02 Å². The molecule has 6 nitrogen and oxygen atoms in total. The first-order valence-corrected chi connectivity index (χ1v) is 11.4. The van der Waals surface area contributed by atoms with Gasteiger partial charge in [-0.3, -0.25) is 4.79 Å². The lowest BCUT2D eigenvalue weighted by Crippen LogP contribution is -2.13.